The molecule has 0 aromatic heterocycles. The van der Waals surface area contributed by atoms with Gasteiger partial charge in [-0.1, -0.05) is 12.2 Å². The van der Waals surface area contributed by atoms with Crippen molar-refractivity contribution in [3.8, 4) is 0 Å². The molecule has 2 aliphatic carbocycles. The van der Waals surface area contributed by atoms with Gasteiger partial charge in [-0.25, -0.2) is 0 Å². The average Bonchev–Trinajstić information content (AvgIpc) is 2.55. The second kappa shape index (κ2) is 3.88. The standard InChI is InChI=1S/C13H20O3/c1-12(15)6-3-7-13(12)8-4-10(5-9-13)11(14)16-2/h4,8,10,15H,3,5-7,9H2,1-2H3/t10?,12-,13+/m1/s1. The molecule has 0 aromatic carbocycles. The third-order valence-corrected chi connectivity index (χ3v) is 4.41. The van der Waals surface area contributed by atoms with E-state index in [1.165, 1.54) is 7.11 Å². The summed E-state index contributed by atoms with van der Waals surface area (Å²) in [5.41, 5.74) is -0.706. The van der Waals surface area contributed by atoms with Crippen molar-refractivity contribution < 1.29 is 14.6 Å². The zero-order chi connectivity index (χ0) is 11.8. The van der Waals surface area contributed by atoms with E-state index in [9.17, 15) is 9.90 Å². The number of esters is 1. The highest BCUT2D eigenvalue weighted by Gasteiger charge is 2.50. The second-order valence-corrected chi connectivity index (χ2v) is 5.31. The van der Waals surface area contributed by atoms with E-state index in [-0.39, 0.29) is 17.3 Å². The predicted octanol–water partition coefficient (Wildman–Crippen LogP) is 2.05. The monoisotopic (exact) mass is 224 g/mol. The van der Waals surface area contributed by atoms with Crippen LogP contribution in [-0.2, 0) is 9.53 Å². The molecule has 0 amide bonds. The van der Waals surface area contributed by atoms with Gasteiger partial charge in [0.25, 0.3) is 0 Å². The third-order valence-electron chi connectivity index (χ3n) is 4.41. The summed E-state index contributed by atoms with van der Waals surface area (Å²) in [5, 5.41) is 10.4. The van der Waals surface area contributed by atoms with Crippen LogP contribution in [0.1, 0.15) is 39.0 Å². The minimum Gasteiger partial charge on any atom is -0.469 e. The number of hydrogen-bond acceptors (Lipinski definition) is 3. The number of carbonyl (C=O) groups excluding carboxylic acids is 1. The van der Waals surface area contributed by atoms with Gasteiger partial charge < -0.3 is 9.84 Å². The molecule has 1 unspecified atom stereocenters. The molecule has 3 heteroatoms. The van der Waals surface area contributed by atoms with Gasteiger partial charge in [0.05, 0.1) is 18.6 Å². The van der Waals surface area contributed by atoms with Crippen LogP contribution in [0.5, 0.6) is 0 Å². The number of aliphatic hydroxyl groups is 1. The molecule has 3 atom stereocenters. The number of methoxy groups -OCH3 is 1. The Morgan fingerprint density at radius 1 is 1.44 bits per heavy atom. The highest BCUT2D eigenvalue weighted by atomic mass is 16.5. The van der Waals surface area contributed by atoms with Crippen LogP contribution in [0.25, 0.3) is 0 Å². The molecule has 1 spiro atoms. The van der Waals surface area contributed by atoms with E-state index >= 15 is 0 Å². The van der Waals surface area contributed by atoms with Crippen LogP contribution in [0, 0.1) is 11.3 Å². The molecule has 3 nitrogen and oxygen atoms in total. The van der Waals surface area contributed by atoms with E-state index in [1.54, 1.807) is 0 Å². The zero-order valence-electron chi connectivity index (χ0n) is 10.0. The van der Waals surface area contributed by atoms with Crippen molar-refractivity contribution in [1.29, 1.82) is 0 Å². The molecule has 0 bridgehead atoms. The first kappa shape index (κ1) is 11.6. The van der Waals surface area contributed by atoms with Gasteiger partial charge in [-0.2, -0.15) is 0 Å². The van der Waals surface area contributed by atoms with Crippen LogP contribution in [-0.4, -0.2) is 23.8 Å². The van der Waals surface area contributed by atoms with Crippen molar-refractivity contribution >= 4 is 5.97 Å². The van der Waals surface area contributed by atoms with Gasteiger partial charge in [0.1, 0.15) is 0 Å². The molecule has 0 aliphatic heterocycles. The van der Waals surface area contributed by atoms with Gasteiger partial charge in [0.15, 0.2) is 0 Å². The fourth-order valence-electron chi connectivity index (χ4n) is 3.16. The SMILES string of the molecule is COC(=O)C1C=C[C@@]2(CCC[C@@]2(C)O)CC1. The third kappa shape index (κ3) is 1.67. The molecule has 16 heavy (non-hydrogen) atoms. The maximum absolute atomic E-state index is 11.4. The van der Waals surface area contributed by atoms with Crippen LogP contribution < -0.4 is 0 Å². The van der Waals surface area contributed by atoms with Gasteiger partial charge in [0, 0.05) is 5.41 Å². The maximum atomic E-state index is 11.4. The lowest BCUT2D eigenvalue weighted by Crippen LogP contribution is -2.42. The quantitative estimate of drug-likeness (QED) is 0.547. The van der Waals surface area contributed by atoms with Crippen molar-refractivity contribution in [3.05, 3.63) is 12.2 Å². The summed E-state index contributed by atoms with van der Waals surface area (Å²) in [7, 11) is 1.42. The van der Waals surface area contributed by atoms with E-state index < -0.39 is 5.60 Å². The first-order valence-corrected chi connectivity index (χ1v) is 6.00. The van der Waals surface area contributed by atoms with Crippen molar-refractivity contribution in [2.45, 2.75) is 44.6 Å². The average molecular weight is 224 g/mol. The van der Waals surface area contributed by atoms with Crippen LogP contribution in [0.15, 0.2) is 12.2 Å². The van der Waals surface area contributed by atoms with Crippen molar-refractivity contribution in [3.63, 3.8) is 0 Å². The van der Waals surface area contributed by atoms with Gasteiger partial charge in [-0.3, -0.25) is 4.79 Å². The summed E-state index contributed by atoms with van der Waals surface area (Å²) < 4.78 is 4.74. The summed E-state index contributed by atoms with van der Waals surface area (Å²) in [6.07, 6.45) is 8.63. The predicted molar refractivity (Wildman–Crippen MR) is 60.8 cm³/mol. The van der Waals surface area contributed by atoms with Crippen LogP contribution >= 0.6 is 0 Å². The van der Waals surface area contributed by atoms with E-state index in [1.807, 2.05) is 13.0 Å². The summed E-state index contributed by atoms with van der Waals surface area (Å²) in [6.45, 7) is 1.92. The summed E-state index contributed by atoms with van der Waals surface area (Å²) >= 11 is 0. The zero-order valence-corrected chi connectivity index (χ0v) is 10.0. The van der Waals surface area contributed by atoms with Gasteiger partial charge >= 0.3 is 5.97 Å². The molecule has 1 saturated carbocycles. The van der Waals surface area contributed by atoms with Crippen LogP contribution in [0.3, 0.4) is 0 Å². The lowest BCUT2D eigenvalue weighted by atomic mass is 9.67. The summed E-state index contributed by atoms with van der Waals surface area (Å²) in [5.74, 6) is -0.282. The normalized spacial score (nSPS) is 42.6. The van der Waals surface area contributed by atoms with E-state index in [4.69, 9.17) is 4.74 Å². The lowest BCUT2D eigenvalue weighted by molar-refractivity contribution is -0.144. The fraction of sp³-hybridized carbons (Fsp3) is 0.769. The number of hydrogen-bond donors (Lipinski definition) is 1. The topological polar surface area (TPSA) is 46.5 Å². The molecular weight excluding hydrogens is 204 g/mol. The second-order valence-electron chi connectivity index (χ2n) is 5.31. The molecular formula is C13H20O3. The number of rotatable bonds is 1. The Morgan fingerprint density at radius 3 is 2.62 bits per heavy atom. The number of ether oxygens (including phenoxy) is 1. The first-order chi connectivity index (χ1) is 7.51. The molecule has 0 saturated heterocycles. The molecule has 1 fully saturated rings. The fourth-order valence-corrected chi connectivity index (χ4v) is 3.16. The van der Waals surface area contributed by atoms with E-state index in [2.05, 4.69) is 6.08 Å². The Balaban J connectivity index is 2.16. The molecule has 1 N–H and O–H groups in total. The largest absolute Gasteiger partial charge is 0.469 e. The lowest BCUT2D eigenvalue weighted by Gasteiger charge is -2.41. The molecule has 0 heterocycles. The molecule has 90 valence electrons. The Morgan fingerprint density at radius 2 is 2.19 bits per heavy atom. The molecule has 2 rings (SSSR count). The Hall–Kier alpha value is -0.830. The molecule has 0 aromatic rings. The van der Waals surface area contributed by atoms with Crippen LogP contribution in [0.4, 0.5) is 0 Å². The minimum absolute atomic E-state index is 0.0997. The van der Waals surface area contributed by atoms with Gasteiger partial charge in [-0.05, 0) is 39.0 Å². The summed E-state index contributed by atoms with van der Waals surface area (Å²) in [6, 6.07) is 0. The van der Waals surface area contributed by atoms with E-state index in [0.717, 1.165) is 32.1 Å². The molecule has 0 radical (unpaired) electrons. The highest BCUT2D eigenvalue weighted by molar-refractivity contribution is 5.74. The Labute approximate surface area is 96.5 Å². The maximum Gasteiger partial charge on any atom is 0.312 e. The van der Waals surface area contributed by atoms with Gasteiger partial charge in [0.2, 0.25) is 0 Å². The molecule has 2 aliphatic rings. The van der Waals surface area contributed by atoms with Crippen LogP contribution in [0.2, 0.25) is 0 Å². The Bertz CT molecular complexity index is 319. The smallest absolute Gasteiger partial charge is 0.312 e. The minimum atomic E-state index is -0.607. The van der Waals surface area contributed by atoms with Crippen molar-refractivity contribution in [1.82, 2.24) is 0 Å². The van der Waals surface area contributed by atoms with Crippen molar-refractivity contribution in [2.24, 2.45) is 11.3 Å². The van der Waals surface area contributed by atoms with E-state index in [0.29, 0.717) is 0 Å². The highest BCUT2D eigenvalue weighted by Crippen LogP contribution is 2.52. The Kier molecular flexibility index (Phi) is 2.82. The number of carbonyl (C=O) groups is 1. The van der Waals surface area contributed by atoms with Gasteiger partial charge in [-0.15, -0.1) is 0 Å². The van der Waals surface area contributed by atoms with Crippen molar-refractivity contribution in [2.75, 3.05) is 7.11 Å². The summed E-state index contributed by atoms with van der Waals surface area (Å²) in [4.78, 5) is 11.4. The first-order valence-electron chi connectivity index (χ1n) is 6.00.